The lowest BCUT2D eigenvalue weighted by Crippen LogP contribution is -2.66. The Kier molecular flexibility index (Phi) is 35.7. The molecule has 0 aromatic carbocycles. The van der Waals surface area contributed by atoms with E-state index in [0.717, 1.165) is 0 Å². The van der Waals surface area contributed by atoms with Crippen LogP contribution in [0.15, 0.2) is 0 Å². The van der Waals surface area contributed by atoms with E-state index in [4.69, 9.17) is 163 Å². The Bertz CT molecular complexity index is 3100. The van der Waals surface area contributed by atoms with E-state index >= 15 is 0 Å². The number of hydrogen-bond acceptors (Lipinski definition) is 56. The predicted molar refractivity (Wildman–Crippen MR) is 384 cm³/mol. The maximum absolute atomic E-state index is 11.2. The van der Waals surface area contributed by atoms with Gasteiger partial charge in [-0.1, -0.05) is 0 Å². The molecule has 55 atom stereocenters. The molecule has 0 unspecified atom stereocenters. The van der Waals surface area contributed by atoms with Gasteiger partial charge in [0, 0.05) is 0 Å². The second-order valence-corrected chi connectivity index (χ2v) is 32.2. The van der Waals surface area contributed by atoms with Crippen LogP contribution in [0.4, 0.5) is 0 Å². The van der Waals surface area contributed by atoms with Gasteiger partial charge in [-0.25, -0.2) is 0 Å². The molecule has 0 spiro atoms. The Labute approximate surface area is 693 Å². The Morgan fingerprint density at radius 3 is 0.385 bits per heavy atom. The van der Waals surface area contributed by atoms with Crippen LogP contribution in [0.2, 0.25) is 0 Å². The zero-order valence-electron chi connectivity index (χ0n) is 65.2. The van der Waals surface area contributed by atoms with Gasteiger partial charge < -0.3 is 285 Å². The highest BCUT2D eigenvalue weighted by atomic mass is 16.8. The highest BCUT2D eigenvalue weighted by molar-refractivity contribution is 5.03. The van der Waals surface area contributed by atoms with Crippen LogP contribution in [0.1, 0.15) is 0 Å². The molecule has 0 aromatic rings. The van der Waals surface area contributed by atoms with Gasteiger partial charge in [0.05, 0.1) is 139 Å². The topological polar surface area (TPSA) is 966 Å². The zero-order chi connectivity index (χ0) is 89.4. The van der Waals surface area contributed by atoms with Crippen molar-refractivity contribution in [3.05, 3.63) is 0 Å². The fourth-order valence-electron chi connectivity index (χ4n) is 15.4. The smallest absolute Gasteiger partial charge is 0.175 e. The van der Waals surface area contributed by atoms with Gasteiger partial charge >= 0.3 is 0 Å². The lowest BCUT2D eigenvalue weighted by Gasteiger charge is -2.46. The fourth-order valence-corrected chi connectivity index (χ4v) is 15.4. The first kappa shape index (κ1) is 100. The summed E-state index contributed by atoms with van der Waals surface area (Å²) in [6, 6.07) is -16.2. The van der Waals surface area contributed by atoms with E-state index in [-0.39, 0.29) is 0 Å². The maximum Gasteiger partial charge on any atom is 0.175 e. The number of nitrogens with two attached hydrogens (primary N) is 11. The first-order chi connectivity index (χ1) is 57.6. The molecule has 46 N–H and O–H groups in total. The zero-order valence-corrected chi connectivity index (χ0v) is 65.2. The summed E-state index contributed by atoms with van der Waals surface area (Å²) in [5, 5.41) is 259. The number of ether oxygens (including phenoxy) is 21. The first-order valence-corrected chi connectivity index (χ1v) is 39.5. The minimum atomic E-state index is -1.84. The van der Waals surface area contributed by atoms with Crippen molar-refractivity contribution >= 4 is 0 Å². The molecule has 11 aliphatic heterocycles. The molecule has 122 heavy (non-hydrogen) atoms. The summed E-state index contributed by atoms with van der Waals surface area (Å²) in [4.78, 5) is 0. The van der Waals surface area contributed by atoms with E-state index in [1.165, 1.54) is 0 Å². The van der Waals surface area contributed by atoms with Crippen LogP contribution >= 0.6 is 0 Å². The summed E-state index contributed by atoms with van der Waals surface area (Å²) < 4.78 is 121. The predicted octanol–water partition coefficient (Wildman–Crippen LogP) is -25.3. The average molecular weight is 1790 g/mol. The van der Waals surface area contributed by atoms with Crippen molar-refractivity contribution in [1.82, 2.24) is 0 Å². The van der Waals surface area contributed by atoms with Gasteiger partial charge in [0.1, 0.15) is 201 Å². The van der Waals surface area contributed by atoms with Crippen molar-refractivity contribution in [2.45, 2.75) is 337 Å². The number of rotatable bonds is 31. The van der Waals surface area contributed by atoms with Crippen LogP contribution in [0.5, 0.6) is 0 Å². The molecule has 11 fully saturated rings. The normalized spacial score (nSPS) is 53.8. The third-order valence-corrected chi connectivity index (χ3v) is 23.7. The minimum Gasteiger partial charge on any atom is -0.394 e. The average Bonchev–Trinajstić information content (AvgIpc) is 0.797. The quantitative estimate of drug-likeness (QED) is 0.0306. The Hall–Kier alpha value is -2.24. The molecule has 712 valence electrons. The standard InChI is InChI=1S/C66H123N11O45/c67-23-45(90)35(80)13(112-56(23)101)2-102-58-25(69)47(92)37(82)15(114-58)4-104-60-27(71)49(94)39(84)17(116-60)6-106-62-29(73)51(96)41(86)19(118-62)8-108-64-31(75)53(98)43(88)21(120-64)10-110-66-33(77)55(100)44(89)22(122-66)11-111-65-32(76)54(99)42(87)20(121-65)9-109-63-30(74)52(97)40(85)18(119-63)7-107-61-28(72)50(95)38(83)16(117-61)5-105-59-26(70)48(93)36(81)14(115-59)3-103-57-24(68)46(91)34(79)12(1-78)113-57/h12-66,78-101H,1-11,67-77H2/t12-,13-,14-,15-,16-,17-,18-,19-,20-,21-,22-,23-,24-,25-,26-,27-,28-,29-,30-,31-,32-,33-,34-,35-,36-,37-,38-,39-,40-,41-,42-,43-,44-,45-,46-,47-,48-,49-,50-,51-,52-,53-,54-,55-,56-,57-,58-,59-,60-,61-,62-,63-,64-,65-,66-/m1/s1. The summed E-state index contributed by atoms with van der Waals surface area (Å²) in [7, 11) is 0. The molecule has 0 amide bonds. The summed E-state index contributed by atoms with van der Waals surface area (Å²) >= 11 is 0. The molecule has 56 nitrogen and oxygen atoms in total. The highest BCUT2D eigenvalue weighted by Gasteiger charge is 2.56. The molecule has 11 saturated heterocycles. The molecule has 0 radical (unpaired) electrons. The molecular formula is C66H123N11O45. The third kappa shape index (κ3) is 22.1. The maximum atomic E-state index is 11.2. The van der Waals surface area contributed by atoms with Gasteiger partial charge in [-0.2, -0.15) is 0 Å². The molecule has 0 aromatic heterocycles. The molecule has 0 bridgehead atoms. The monoisotopic (exact) mass is 1790 g/mol. The molecule has 0 aliphatic carbocycles. The van der Waals surface area contributed by atoms with Crippen molar-refractivity contribution in [2.75, 3.05) is 72.7 Å². The SMILES string of the molecule is N[C@@H]1[C@@H](O)[C@H](O)[C@@H](CO[C@@H]2O[C@H](CO[C@@H]3O[C@H](CO[C@@H]4O[C@H](CO[C@@H]5O[C@H](CO[C@@H]6O[C@H](CO[C@@H]7O[C@H](CO[C@@H]8O[C@H](CO[C@@H]9O[C@H](CO[C@@H]%10O[C@H](CO[C@@H]%11O[C@H](CO)[C@@H](O)[C@H](O)[C@H]%11N)[C@@H](O)[C@H](O)[C@H]%10N)[C@@H](O)[C@H](O)[C@H]9N)[C@@H](O)[C@H](O)[C@H]8N)[C@@H](O)[C@H](O)[C@H]7N)[C@@H](O)[C@H](O)[C@H]6N)[C@@H](O)[C@H](O)[C@H]5N)[C@@H](O)[C@H](O)[C@H]4N)[C@@H](O)[C@H](O)[C@H]3N)[C@@H](O)[C@H](O)[C@H]2N)O[C@H]1O. The van der Waals surface area contributed by atoms with Crippen LogP contribution < -0.4 is 63.1 Å². The summed E-state index contributed by atoms with van der Waals surface area (Å²) in [5.74, 6) is 0. The van der Waals surface area contributed by atoms with Gasteiger partial charge in [0.2, 0.25) is 0 Å². The lowest BCUT2D eigenvalue weighted by molar-refractivity contribution is -0.327. The van der Waals surface area contributed by atoms with Gasteiger partial charge in [-0.15, -0.1) is 0 Å². The Balaban J connectivity index is 0.627. The molecule has 11 rings (SSSR count). The van der Waals surface area contributed by atoms with E-state index < -0.39 is 410 Å². The van der Waals surface area contributed by atoms with Crippen molar-refractivity contribution in [2.24, 2.45) is 63.1 Å². The second-order valence-electron chi connectivity index (χ2n) is 32.2. The van der Waals surface area contributed by atoms with E-state index in [0.29, 0.717) is 0 Å². The van der Waals surface area contributed by atoms with Gasteiger partial charge in [-0.05, 0) is 0 Å². The Morgan fingerprint density at radius 2 is 0.254 bits per heavy atom. The molecule has 11 heterocycles. The molecule has 11 aliphatic rings. The van der Waals surface area contributed by atoms with E-state index in [9.17, 15) is 123 Å². The van der Waals surface area contributed by atoms with Gasteiger partial charge in [0.25, 0.3) is 0 Å². The van der Waals surface area contributed by atoms with Crippen LogP contribution in [-0.2, 0) is 99.5 Å². The largest absolute Gasteiger partial charge is 0.394 e. The second kappa shape index (κ2) is 43.4. The summed E-state index contributed by atoms with van der Waals surface area (Å²) in [6.45, 7) is -7.46. The van der Waals surface area contributed by atoms with Gasteiger partial charge in [-0.3, -0.25) is 0 Å². The van der Waals surface area contributed by atoms with Crippen molar-refractivity contribution in [3.8, 4) is 0 Å². The number of aliphatic hydroxyl groups excluding tert-OH is 24. The van der Waals surface area contributed by atoms with Crippen molar-refractivity contribution in [1.29, 1.82) is 0 Å². The van der Waals surface area contributed by atoms with Crippen molar-refractivity contribution in [3.63, 3.8) is 0 Å². The molecule has 0 saturated carbocycles. The summed E-state index contributed by atoms with van der Waals surface area (Å²) in [5.41, 5.74) is 67.3. The fraction of sp³-hybridized carbons (Fsp3) is 1.00. The molecular weight excluding hydrogens is 1670 g/mol. The minimum absolute atomic E-state index is 0.565. The van der Waals surface area contributed by atoms with E-state index in [1.54, 1.807) is 0 Å². The third-order valence-electron chi connectivity index (χ3n) is 23.7. The van der Waals surface area contributed by atoms with Crippen LogP contribution in [0, 0.1) is 0 Å². The first-order valence-electron chi connectivity index (χ1n) is 39.5. The molecule has 56 heteroatoms. The summed E-state index contributed by atoms with van der Waals surface area (Å²) in [6.07, 6.45) is -72.9. The van der Waals surface area contributed by atoms with Crippen LogP contribution in [-0.4, -0.2) is 532 Å². The number of aliphatic hydroxyl groups is 24. The highest BCUT2D eigenvalue weighted by Crippen LogP contribution is 2.35. The number of hydrogen-bond donors (Lipinski definition) is 35. The van der Waals surface area contributed by atoms with Crippen molar-refractivity contribution < 1.29 is 222 Å². The van der Waals surface area contributed by atoms with Crippen LogP contribution in [0.25, 0.3) is 0 Å². The Morgan fingerprint density at radius 1 is 0.148 bits per heavy atom. The van der Waals surface area contributed by atoms with Crippen LogP contribution in [0.3, 0.4) is 0 Å². The van der Waals surface area contributed by atoms with Gasteiger partial charge in [0.15, 0.2) is 69.2 Å². The lowest BCUT2D eigenvalue weighted by atomic mass is 9.96. The van der Waals surface area contributed by atoms with E-state index in [2.05, 4.69) is 0 Å². The van der Waals surface area contributed by atoms with E-state index in [1.807, 2.05) is 0 Å².